The van der Waals surface area contributed by atoms with Gasteiger partial charge in [0.25, 0.3) is 0 Å². The molecule has 0 aromatic heterocycles. The number of fused-ring (bicyclic) bond motifs is 5. The average molecular weight is 698 g/mol. The van der Waals surface area contributed by atoms with Crippen LogP contribution in [0.2, 0.25) is 0 Å². The van der Waals surface area contributed by atoms with E-state index in [1.54, 1.807) is 0 Å². The SMILES string of the molecule is c1ccc(C2C(c3ccc(-c4ccc5c(-c6cccc7ccccc67)c6ccccc6c(-c6cccc7ccccc67)c5c4)cc3)=Nc3ccccc32)cc1. The van der Waals surface area contributed by atoms with E-state index in [0.717, 1.165) is 17.0 Å². The number of aliphatic imine (C=N–C) groups is 1. The normalized spacial score (nSPS) is 13.7. The molecule has 1 unspecified atom stereocenters. The van der Waals surface area contributed by atoms with Crippen molar-refractivity contribution in [3.05, 3.63) is 223 Å². The van der Waals surface area contributed by atoms with E-state index in [0.29, 0.717) is 0 Å². The molecule has 55 heavy (non-hydrogen) atoms. The average Bonchev–Trinajstić information content (AvgIpc) is 3.65. The first-order valence-electron chi connectivity index (χ1n) is 19.1. The Kier molecular flexibility index (Phi) is 7.31. The van der Waals surface area contributed by atoms with Gasteiger partial charge in [0.05, 0.1) is 17.3 Å². The van der Waals surface area contributed by atoms with Gasteiger partial charge in [-0.3, -0.25) is 4.99 Å². The summed E-state index contributed by atoms with van der Waals surface area (Å²) in [6, 6.07) is 75.4. The molecule has 0 saturated carbocycles. The van der Waals surface area contributed by atoms with Crippen LogP contribution in [0.5, 0.6) is 0 Å². The van der Waals surface area contributed by atoms with Crippen molar-refractivity contribution in [3.63, 3.8) is 0 Å². The minimum atomic E-state index is 0.105. The Bertz CT molecular complexity index is 3120. The second kappa shape index (κ2) is 12.8. The van der Waals surface area contributed by atoms with Crippen LogP contribution in [0.25, 0.3) is 76.5 Å². The fraction of sp³-hybridized carbons (Fsp3) is 0.0185. The molecule has 256 valence electrons. The van der Waals surface area contributed by atoms with Crippen molar-refractivity contribution in [3.8, 4) is 33.4 Å². The number of hydrogen-bond acceptors (Lipinski definition) is 1. The summed E-state index contributed by atoms with van der Waals surface area (Å²) in [7, 11) is 0. The number of hydrogen-bond donors (Lipinski definition) is 0. The molecule has 1 atom stereocenters. The molecule has 1 aliphatic heterocycles. The van der Waals surface area contributed by atoms with Crippen LogP contribution in [0.3, 0.4) is 0 Å². The molecular weight excluding hydrogens is 663 g/mol. The van der Waals surface area contributed by atoms with Crippen molar-refractivity contribution in [1.29, 1.82) is 0 Å². The lowest BCUT2D eigenvalue weighted by Gasteiger charge is -2.20. The number of para-hydroxylation sites is 1. The maximum absolute atomic E-state index is 5.20. The maximum Gasteiger partial charge on any atom is 0.0675 e. The van der Waals surface area contributed by atoms with Gasteiger partial charge in [-0.2, -0.15) is 0 Å². The molecule has 0 N–H and O–H groups in total. The van der Waals surface area contributed by atoms with Gasteiger partial charge in [0, 0.05) is 0 Å². The molecule has 1 nitrogen and oxygen atoms in total. The maximum atomic E-state index is 5.20. The molecule has 0 amide bonds. The first-order valence-corrected chi connectivity index (χ1v) is 19.1. The van der Waals surface area contributed by atoms with Crippen LogP contribution in [-0.4, -0.2) is 5.71 Å². The molecule has 10 aromatic carbocycles. The Hall–Kier alpha value is -7.09. The molecule has 10 aromatic rings. The van der Waals surface area contributed by atoms with Crippen molar-refractivity contribution in [2.45, 2.75) is 5.92 Å². The molecule has 0 fully saturated rings. The van der Waals surface area contributed by atoms with Crippen molar-refractivity contribution in [2.24, 2.45) is 4.99 Å². The van der Waals surface area contributed by atoms with Crippen molar-refractivity contribution in [2.75, 3.05) is 0 Å². The number of benzene rings is 10. The Morgan fingerprint density at radius 1 is 0.327 bits per heavy atom. The van der Waals surface area contributed by atoms with E-state index < -0.39 is 0 Å². The van der Waals surface area contributed by atoms with Crippen molar-refractivity contribution in [1.82, 2.24) is 0 Å². The highest BCUT2D eigenvalue weighted by Crippen LogP contribution is 2.48. The molecule has 1 heteroatoms. The summed E-state index contributed by atoms with van der Waals surface area (Å²) in [6.07, 6.45) is 0. The topological polar surface area (TPSA) is 12.4 Å². The summed E-state index contributed by atoms with van der Waals surface area (Å²) < 4.78 is 0. The van der Waals surface area contributed by atoms with Crippen LogP contribution < -0.4 is 0 Å². The zero-order valence-corrected chi connectivity index (χ0v) is 30.2. The van der Waals surface area contributed by atoms with E-state index in [-0.39, 0.29) is 5.92 Å². The summed E-state index contributed by atoms with van der Waals surface area (Å²) in [5, 5.41) is 10.0. The molecule has 0 spiro atoms. The van der Waals surface area contributed by atoms with Crippen LogP contribution in [0.15, 0.2) is 211 Å². The van der Waals surface area contributed by atoms with Gasteiger partial charge in [0.15, 0.2) is 0 Å². The zero-order chi connectivity index (χ0) is 36.3. The van der Waals surface area contributed by atoms with Gasteiger partial charge in [0.2, 0.25) is 0 Å². The Labute approximate surface area is 320 Å². The predicted molar refractivity (Wildman–Crippen MR) is 234 cm³/mol. The first-order chi connectivity index (χ1) is 27.3. The zero-order valence-electron chi connectivity index (χ0n) is 30.2. The van der Waals surface area contributed by atoms with Gasteiger partial charge < -0.3 is 0 Å². The van der Waals surface area contributed by atoms with E-state index >= 15 is 0 Å². The third-order valence-corrected chi connectivity index (χ3v) is 11.6. The summed E-state index contributed by atoms with van der Waals surface area (Å²) in [4.78, 5) is 5.20. The van der Waals surface area contributed by atoms with Gasteiger partial charge in [-0.05, 0) is 105 Å². The van der Waals surface area contributed by atoms with Gasteiger partial charge in [0.1, 0.15) is 0 Å². The third kappa shape index (κ3) is 5.12. The van der Waals surface area contributed by atoms with E-state index in [1.807, 2.05) is 0 Å². The largest absolute Gasteiger partial charge is 0.252 e. The number of rotatable bonds is 5. The summed E-state index contributed by atoms with van der Waals surface area (Å²) in [5.74, 6) is 0.105. The van der Waals surface area contributed by atoms with Crippen LogP contribution in [0.4, 0.5) is 5.69 Å². The van der Waals surface area contributed by atoms with Crippen LogP contribution in [0, 0.1) is 0 Å². The molecule has 0 bridgehead atoms. The molecule has 1 aliphatic rings. The minimum absolute atomic E-state index is 0.105. The lowest BCUT2D eigenvalue weighted by Crippen LogP contribution is -2.11. The Morgan fingerprint density at radius 2 is 0.818 bits per heavy atom. The van der Waals surface area contributed by atoms with E-state index in [9.17, 15) is 0 Å². The second-order valence-electron chi connectivity index (χ2n) is 14.6. The summed E-state index contributed by atoms with van der Waals surface area (Å²) in [5.41, 5.74) is 13.3. The Balaban J connectivity index is 1.13. The monoisotopic (exact) mass is 697 g/mol. The minimum Gasteiger partial charge on any atom is -0.252 e. The smallest absolute Gasteiger partial charge is 0.0675 e. The standard InChI is InChI=1S/C54H35N/c1-2-16-38(17-3-1)51-48-24-10-11-27-50(48)55-54(51)39-30-28-35(29-31-39)40-32-33-47-49(34-40)53(44-26-13-19-37-15-5-7-21-42(37)44)46-23-9-8-22-45(46)52(47)43-25-12-18-36-14-4-6-20-41(36)43/h1-34,51H. The summed E-state index contributed by atoms with van der Waals surface area (Å²) >= 11 is 0. The second-order valence-corrected chi connectivity index (χ2v) is 14.6. The van der Waals surface area contributed by atoms with Gasteiger partial charge >= 0.3 is 0 Å². The lowest BCUT2D eigenvalue weighted by atomic mass is 9.82. The molecule has 0 saturated heterocycles. The highest BCUT2D eigenvalue weighted by atomic mass is 14.8. The molecule has 11 rings (SSSR count). The summed E-state index contributed by atoms with van der Waals surface area (Å²) in [6.45, 7) is 0. The highest BCUT2D eigenvalue weighted by molar-refractivity contribution is 6.25. The Morgan fingerprint density at radius 3 is 1.49 bits per heavy atom. The van der Waals surface area contributed by atoms with Gasteiger partial charge in [-0.1, -0.05) is 194 Å². The number of nitrogens with zero attached hydrogens (tertiary/aromatic N) is 1. The van der Waals surface area contributed by atoms with Crippen molar-refractivity contribution < 1.29 is 0 Å². The first kappa shape index (κ1) is 31.4. The lowest BCUT2D eigenvalue weighted by molar-refractivity contribution is 1.11. The molecule has 0 radical (unpaired) electrons. The van der Waals surface area contributed by atoms with Crippen molar-refractivity contribution >= 4 is 54.5 Å². The predicted octanol–water partition coefficient (Wildman–Crippen LogP) is 14.6. The van der Waals surface area contributed by atoms with E-state index in [4.69, 9.17) is 4.99 Å². The van der Waals surface area contributed by atoms with Crippen LogP contribution >= 0.6 is 0 Å². The molecule has 0 aliphatic carbocycles. The third-order valence-electron chi connectivity index (χ3n) is 11.6. The van der Waals surface area contributed by atoms with E-state index in [1.165, 1.54) is 87.6 Å². The van der Waals surface area contributed by atoms with Crippen LogP contribution in [0.1, 0.15) is 22.6 Å². The molecule has 1 heterocycles. The van der Waals surface area contributed by atoms with Crippen LogP contribution in [-0.2, 0) is 0 Å². The van der Waals surface area contributed by atoms with Gasteiger partial charge in [-0.15, -0.1) is 0 Å². The highest BCUT2D eigenvalue weighted by Gasteiger charge is 2.29. The fourth-order valence-corrected chi connectivity index (χ4v) is 9.05. The quantitative estimate of drug-likeness (QED) is 0.159. The van der Waals surface area contributed by atoms with Gasteiger partial charge in [-0.25, -0.2) is 0 Å². The fourth-order valence-electron chi connectivity index (χ4n) is 9.05. The van der Waals surface area contributed by atoms with E-state index in [2.05, 4.69) is 206 Å². The molecular formula is C54H35N.